The minimum absolute atomic E-state index is 1.12. The van der Waals surface area contributed by atoms with Gasteiger partial charge in [-0.2, -0.15) is 0 Å². The first kappa shape index (κ1) is 6.53. The van der Waals surface area contributed by atoms with Crippen molar-refractivity contribution in [3.05, 3.63) is 23.9 Å². The summed E-state index contributed by atoms with van der Waals surface area (Å²) in [6.45, 7) is 0. The van der Waals surface area contributed by atoms with Crippen LogP contribution in [0.25, 0.3) is 0 Å². The van der Waals surface area contributed by atoms with Crippen LogP contribution in [-0.4, -0.2) is 12.1 Å². The Bertz CT molecular complexity index is 241. The van der Waals surface area contributed by atoms with Crippen LogP contribution in [-0.2, 0) is 0 Å². The largest absolute Gasteiger partial charge is 0.245 e. The molecule has 0 spiro atoms. The zero-order valence-electron chi connectivity index (χ0n) is 6.33. The van der Waals surface area contributed by atoms with Gasteiger partial charge in [-0.15, -0.1) is 0 Å². The third-order valence-corrected chi connectivity index (χ3v) is 1.98. The summed E-state index contributed by atoms with van der Waals surface area (Å²) in [5.41, 5.74) is 2.60. The van der Waals surface area contributed by atoms with Gasteiger partial charge in [0.1, 0.15) is 6.34 Å². The average Bonchev–Trinajstić information content (AvgIpc) is 2.35. The minimum atomic E-state index is 1.12. The molecule has 2 nitrogen and oxygen atoms in total. The molecule has 0 unspecified atom stereocenters. The van der Waals surface area contributed by atoms with E-state index in [2.05, 4.69) is 16.1 Å². The van der Waals surface area contributed by atoms with Crippen molar-refractivity contribution in [1.29, 1.82) is 0 Å². The zero-order valence-corrected chi connectivity index (χ0v) is 6.33. The quantitative estimate of drug-likeness (QED) is 0.500. The van der Waals surface area contributed by atoms with Crippen LogP contribution >= 0.6 is 0 Å². The van der Waals surface area contributed by atoms with Gasteiger partial charge in [0, 0.05) is 11.9 Å². The predicted octanol–water partition coefficient (Wildman–Crippen LogP) is 2.09. The lowest BCUT2D eigenvalue weighted by molar-refractivity contribution is 0.947. The highest BCUT2D eigenvalue weighted by molar-refractivity contribution is 6.05. The number of hydrogen-bond donors (Lipinski definition) is 0. The second kappa shape index (κ2) is 2.82. The molecule has 2 heteroatoms. The summed E-state index contributed by atoms with van der Waals surface area (Å²) >= 11 is 0. The minimum Gasteiger partial charge on any atom is -0.245 e. The van der Waals surface area contributed by atoms with Crippen molar-refractivity contribution in [2.45, 2.75) is 19.3 Å². The lowest BCUT2D eigenvalue weighted by Gasteiger charge is -1.96. The van der Waals surface area contributed by atoms with Gasteiger partial charge in [0.15, 0.2) is 0 Å². The van der Waals surface area contributed by atoms with Gasteiger partial charge in [-0.05, 0) is 30.9 Å². The first-order valence-corrected chi connectivity index (χ1v) is 3.91. The van der Waals surface area contributed by atoms with Crippen LogP contribution in [0.1, 0.15) is 19.3 Å². The fourth-order valence-corrected chi connectivity index (χ4v) is 1.43. The molecule has 11 heavy (non-hydrogen) atoms. The van der Waals surface area contributed by atoms with Crippen molar-refractivity contribution >= 4 is 12.1 Å². The zero-order chi connectivity index (χ0) is 7.52. The van der Waals surface area contributed by atoms with E-state index in [1.165, 1.54) is 24.1 Å². The van der Waals surface area contributed by atoms with Crippen LogP contribution in [0.15, 0.2) is 33.9 Å². The normalized spacial score (nSPS) is 37.1. The molecule has 1 aliphatic carbocycles. The van der Waals surface area contributed by atoms with Gasteiger partial charge in [-0.3, -0.25) is 0 Å². The van der Waals surface area contributed by atoms with Crippen LogP contribution in [0.4, 0.5) is 0 Å². The average molecular weight is 146 g/mol. The predicted molar refractivity (Wildman–Crippen MR) is 47.0 cm³/mol. The maximum absolute atomic E-state index is 4.25. The smallest absolute Gasteiger partial charge is 0.115 e. The summed E-state index contributed by atoms with van der Waals surface area (Å²) < 4.78 is 0. The number of nitrogens with zero attached hydrogens (tertiary/aromatic N) is 2. The number of aliphatic imine (C=N–C) groups is 2. The molecule has 1 saturated carbocycles. The van der Waals surface area contributed by atoms with E-state index >= 15 is 0 Å². The van der Waals surface area contributed by atoms with E-state index < -0.39 is 0 Å². The third kappa shape index (κ3) is 1.29. The van der Waals surface area contributed by atoms with Crippen molar-refractivity contribution in [1.82, 2.24) is 0 Å². The van der Waals surface area contributed by atoms with E-state index in [-0.39, 0.29) is 0 Å². The van der Waals surface area contributed by atoms with Crippen LogP contribution in [0, 0.1) is 0 Å². The number of allylic oxidation sites excluding steroid dienone is 3. The van der Waals surface area contributed by atoms with E-state index in [0.717, 1.165) is 6.42 Å². The molecule has 0 amide bonds. The Hall–Kier alpha value is -1.18. The molecule has 0 aromatic heterocycles. The van der Waals surface area contributed by atoms with Crippen molar-refractivity contribution in [3.63, 3.8) is 0 Å². The van der Waals surface area contributed by atoms with Gasteiger partial charge < -0.3 is 0 Å². The highest BCUT2D eigenvalue weighted by Crippen LogP contribution is 2.21. The van der Waals surface area contributed by atoms with Crippen molar-refractivity contribution < 1.29 is 0 Å². The monoisotopic (exact) mass is 146 g/mol. The number of hydrogen-bond acceptors (Lipinski definition) is 2. The molecular formula is C9H10N2. The lowest BCUT2D eigenvalue weighted by atomic mass is 10.2. The molecule has 56 valence electrons. The molecule has 1 heterocycles. The first-order chi connectivity index (χ1) is 5.47. The molecule has 0 bridgehead atoms. The Labute approximate surface area is 66.1 Å². The van der Waals surface area contributed by atoms with Crippen LogP contribution < -0.4 is 0 Å². The third-order valence-electron chi connectivity index (χ3n) is 1.98. The lowest BCUT2D eigenvalue weighted by Crippen LogP contribution is -1.94. The molecule has 0 aromatic rings. The van der Waals surface area contributed by atoms with Gasteiger partial charge in [0.05, 0.1) is 0 Å². The Balaban J connectivity index is 2.35. The summed E-state index contributed by atoms with van der Waals surface area (Å²) in [6, 6.07) is 0. The summed E-state index contributed by atoms with van der Waals surface area (Å²) in [6.07, 6.45) is 11.0. The maximum Gasteiger partial charge on any atom is 0.115 e. The summed E-state index contributed by atoms with van der Waals surface area (Å²) in [5.74, 6) is 0. The van der Waals surface area contributed by atoms with Crippen LogP contribution in [0.5, 0.6) is 0 Å². The maximum atomic E-state index is 4.25. The second-order valence-corrected chi connectivity index (χ2v) is 2.73. The molecule has 1 fully saturated rings. The highest BCUT2D eigenvalue weighted by atomic mass is 14.9. The number of rotatable bonds is 0. The molecule has 0 radical (unpaired) electrons. The standard InChI is InChI=1S/C9H10N2/c1-3-8-4-2-6-10-7-11-9(8)5-1/h2,4,6-7H,1,3,5H2/b4-2?,6-2-,8-4-,10-6?,10-7-,11-7?,11-9-. The molecule has 0 atom stereocenters. The van der Waals surface area contributed by atoms with Crippen LogP contribution in [0.2, 0.25) is 0 Å². The Kier molecular flexibility index (Phi) is 1.68. The SMILES string of the molecule is C1=C\N=C/N=C2/CCC/C2=C/1. The van der Waals surface area contributed by atoms with Gasteiger partial charge >= 0.3 is 0 Å². The molecule has 0 saturated heterocycles. The van der Waals surface area contributed by atoms with E-state index in [1.807, 2.05) is 6.08 Å². The molecule has 2 rings (SSSR count). The number of fused-ring (bicyclic) bond motifs is 1. The molecule has 1 aliphatic heterocycles. The van der Waals surface area contributed by atoms with Gasteiger partial charge in [-0.25, -0.2) is 9.98 Å². The van der Waals surface area contributed by atoms with Gasteiger partial charge in [0.25, 0.3) is 0 Å². The summed E-state index contributed by atoms with van der Waals surface area (Å²) in [7, 11) is 0. The van der Waals surface area contributed by atoms with Crippen molar-refractivity contribution in [2.24, 2.45) is 9.98 Å². The van der Waals surface area contributed by atoms with Gasteiger partial charge in [-0.1, -0.05) is 6.08 Å². The van der Waals surface area contributed by atoms with Crippen molar-refractivity contribution in [3.8, 4) is 0 Å². The van der Waals surface area contributed by atoms with Crippen LogP contribution in [0.3, 0.4) is 0 Å². The Morgan fingerprint density at radius 3 is 3.27 bits per heavy atom. The Morgan fingerprint density at radius 2 is 2.27 bits per heavy atom. The van der Waals surface area contributed by atoms with Crippen molar-refractivity contribution in [2.75, 3.05) is 0 Å². The van der Waals surface area contributed by atoms with E-state index in [1.54, 1.807) is 12.5 Å². The topological polar surface area (TPSA) is 24.7 Å². The van der Waals surface area contributed by atoms with E-state index in [0.29, 0.717) is 0 Å². The molecule has 2 aliphatic rings. The highest BCUT2D eigenvalue weighted by Gasteiger charge is 2.13. The first-order valence-electron chi connectivity index (χ1n) is 3.91. The molecule has 0 aromatic carbocycles. The summed E-state index contributed by atoms with van der Waals surface area (Å²) in [4.78, 5) is 8.20. The van der Waals surface area contributed by atoms with Gasteiger partial charge in [0.2, 0.25) is 0 Å². The van der Waals surface area contributed by atoms with E-state index in [4.69, 9.17) is 0 Å². The molecule has 0 N–H and O–H groups in total. The fraction of sp³-hybridized carbons (Fsp3) is 0.333. The van der Waals surface area contributed by atoms with E-state index in [9.17, 15) is 0 Å². The second-order valence-electron chi connectivity index (χ2n) is 2.73. The fourth-order valence-electron chi connectivity index (χ4n) is 1.43. The Morgan fingerprint density at radius 1 is 1.27 bits per heavy atom. The molecular weight excluding hydrogens is 136 g/mol. The summed E-state index contributed by atoms with van der Waals surface area (Å²) in [5, 5.41) is 0.